The number of imidazole rings is 1. The second-order valence-corrected chi connectivity index (χ2v) is 5.35. The fraction of sp³-hybridized carbons (Fsp3) is 0.556. The van der Waals surface area contributed by atoms with Gasteiger partial charge in [0, 0.05) is 25.7 Å². The zero-order valence-electron chi connectivity index (χ0n) is 10.1. The number of nitrogens with zero attached hydrogens (tertiary/aromatic N) is 3. The summed E-state index contributed by atoms with van der Waals surface area (Å²) in [5.74, 6) is 0.0736. The van der Waals surface area contributed by atoms with Gasteiger partial charge in [-0.25, -0.2) is 18.1 Å². The van der Waals surface area contributed by atoms with Crippen molar-refractivity contribution in [2.24, 2.45) is 10.9 Å². The number of nitrogens with one attached hydrogen (secondary N) is 1. The van der Waals surface area contributed by atoms with E-state index in [1.807, 2.05) is 6.92 Å². The summed E-state index contributed by atoms with van der Waals surface area (Å²) in [6.07, 6.45) is 3.70. The van der Waals surface area contributed by atoms with Gasteiger partial charge in [0.05, 0.1) is 6.33 Å². The molecule has 0 bridgehead atoms. The minimum Gasteiger partial charge on any atom is -0.409 e. The van der Waals surface area contributed by atoms with Crippen LogP contribution in [0.2, 0.25) is 0 Å². The van der Waals surface area contributed by atoms with E-state index in [4.69, 9.17) is 10.9 Å². The van der Waals surface area contributed by atoms with Crippen molar-refractivity contribution in [3.63, 3.8) is 0 Å². The Bertz CT molecular complexity index is 508. The molecule has 8 nitrogen and oxygen atoms in total. The van der Waals surface area contributed by atoms with Crippen LogP contribution in [0, 0.1) is 0 Å². The van der Waals surface area contributed by atoms with Gasteiger partial charge in [0.1, 0.15) is 5.84 Å². The van der Waals surface area contributed by atoms with Gasteiger partial charge in [-0.3, -0.25) is 0 Å². The van der Waals surface area contributed by atoms with Gasteiger partial charge in [-0.2, -0.15) is 0 Å². The van der Waals surface area contributed by atoms with Crippen LogP contribution in [-0.4, -0.2) is 35.6 Å². The molecule has 18 heavy (non-hydrogen) atoms. The van der Waals surface area contributed by atoms with E-state index in [2.05, 4.69) is 14.9 Å². The number of rotatable bonds is 7. The largest absolute Gasteiger partial charge is 0.409 e. The maximum atomic E-state index is 11.8. The van der Waals surface area contributed by atoms with Crippen molar-refractivity contribution in [3.05, 3.63) is 12.5 Å². The molecule has 1 aromatic rings. The molecule has 1 aromatic heterocycles. The fourth-order valence-corrected chi connectivity index (χ4v) is 2.27. The fourth-order valence-electron chi connectivity index (χ4n) is 1.25. The van der Waals surface area contributed by atoms with Crippen LogP contribution < -0.4 is 10.5 Å². The van der Waals surface area contributed by atoms with E-state index in [1.54, 1.807) is 4.57 Å². The molecule has 0 saturated heterocycles. The van der Waals surface area contributed by atoms with Crippen molar-refractivity contribution < 1.29 is 13.6 Å². The maximum Gasteiger partial charge on any atom is 0.259 e. The van der Waals surface area contributed by atoms with Crippen LogP contribution in [0.1, 0.15) is 19.8 Å². The van der Waals surface area contributed by atoms with E-state index in [9.17, 15) is 8.42 Å². The third kappa shape index (κ3) is 4.00. The van der Waals surface area contributed by atoms with E-state index in [1.165, 1.54) is 12.5 Å². The Balaban J connectivity index is 2.50. The molecule has 9 heteroatoms. The average molecular weight is 275 g/mol. The number of aromatic nitrogens is 2. The van der Waals surface area contributed by atoms with E-state index < -0.39 is 10.0 Å². The van der Waals surface area contributed by atoms with Crippen molar-refractivity contribution in [1.82, 2.24) is 14.3 Å². The summed E-state index contributed by atoms with van der Waals surface area (Å²) in [6.45, 7) is 2.76. The second-order valence-electron chi connectivity index (χ2n) is 3.64. The number of oxime groups is 1. The minimum absolute atomic E-state index is 0.00635. The lowest BCUT2D eigenvalue weighted by Gasteiger charge is -2.03. The monoisotopic (exact) mass is 275 g/mol. The zero-order valence-corrected chi connectivity index (χ0v) is 10.9. The van der Waals surface area contributed by atoms with Crippen LogP contribution in [0.3, 0.4) is 0 Å². The molecule has 102 valence electrons. The predicted molar refractivity (Wildman–Crippen MR) is 65.7 cm³/mol. The molecule has 0 unspecified atom stereocenters. The lowest BCUT2D eigenvalue weighted by atomic mass is 10.3. The van der Waals surface area contributed by atoms with Crippen LogP contribution in [0.5, 0.6) is 0 Å². The highest BCUT2D eigenvalue weighted by Crippen LogP contribution is 2.04. The molecule has 0 radical (unpaired) electrons. The summed E-state index contributed by atoms with van der Waals surface area (Å²) in [5, 5.41) is 11.1. The van der Waals surface area contributed by atoms with Crippen LogP contribution in [-0.2, 0) is 16.6 Å². The molecule has 0 aliphatic carbocycles. The van der Waals surface area contributed by atoms with Crippen molar-refractivity contribution in [3.8, 4) is 0 Å². The molecule has 1 rings (SSSR count). The number of sulfonamides is 1. The number of hydrogen-bond donors (Lipinski definition) is 3. The Hall–Kier alpha value is -1.61. The molecule has 0 aromatic carbocycles. The summed E-state index contributed by atoms with van der Waals surface area (Å²) in [7, 11) is -3.58. The van der Waals surface area contributed by atoms with Gasteiger partial charge in [-0.15, -0.1) is 0 Å². The second kappa shape index (κ2) is 6.36. The highest BCUT2D eigenvalue weighted by molar-refractivity contribution is 7.89. The number of hydrogen-bond acceptors (Lipinski definition) is 5. The lowest BCUT2D eigenvalue weighted by Crippen LogP contribution is -2.26. The van der Waals surface area contributed by atoms with Gasteiger partial charge in [0.25, 0.3) is 10.0 Å². The molecule has 0 aliphatic rings. The van der Waals surface area contributed by atoms with E-state index in [0.29, 0.717) is 19.4 Å². The Morgan fingerprint density at radius 1 is 1.67 bits per heavy atom. The molecular weight excluding hydrogens is 258 g/mol. The average Bonchev–Trinajstić information content (AvgIpc) is 2.83. The highest BCUT2D eigenvalue weighted by Gasteiger charge is 2.16. The first-order valence-electron chi connectivity index (χ1n) is 5.47. The molecule has 4 N–H and O–H groups in total. The molecule has 1 heterocycles. The first kappa shape index (κ1) is 14.5. The van der Waals surface area contributed by atoms with Gasteiger partial charge in [-0.05, 0) is 13.3 Å². The zero-order chi connectivity index (χ0) is 13.6. The Morgan fingerprint density at radius 2 is 2.39 bits per heavy atom. The van der Waals surface area contributed by atoms with Gasteiger partial charge >= 0.3 is 0 Å². The maximum absolute atomic E-state index is 11.8. The number of aryl methyl sites for hydroxylation is 1. The van der Waals surface area contributed by atoms with Crippen molar-refractivity contribution in [1.29, 1.82) is 0 Å². The summed E-state index contributed by atoms with van der Waals surface area (Å²) in [4.78, 5) is 3.81. The van der Waals surface area contributed by atoms with Gasteiger partial charge in [-0.1, -0.05) is 5.16 Å². The lowest BCUT2D eigenvalue weighted by molar-refractivity contribution is 0.316. The Labute approximate surface area is 106 Å². The van der Waals surface area contributed by atoms with Crippen LogP contribution in [0.15, 0.2) is 22.7 Å². The predicted octanol–water partition coefficient (Wildman–Crippen LogP) is -0.292. The van der Waals surface area contributed by atoms with Crippen LogP contribution in [0.25, 0.3) is 0 Å². The van der Waals surface area contributed by atoms with Crippen molar-refractivity contribution >= 4 is 15.9 Å². The molecule has 0 aliphatic heterocycles. The number of amidine groups is 1. The van der Waals surface area contributed by atoms with Crippen molar-refractivity contribution in [2.45, 2.75) is 31.3 Å². The molecule has 0 fully saturated rings. The molecule has 0 spiro atoms. The Kier molecular flexibility index (Phi) is 5.10. The van der Waals surface area contributed by atoms with Crippen LogP contribution in [0.4, 0.5) is 0 Å². The first-order valence-corrected chi connectivity index (χ1v) is 6.95. The van der Waals surface area contributed by atoms with E-state index in [0.717, 1.165) is 0 Å². The third-order valence-corrected chi connectivity index (χ3v) is 3.63. The molecular formula is C9H17N5O3S. The third-order valence-electron chi connectivity index (χ3n) is 2.28. The quantitative estimate of drug-likeness (QED) is 0.207. The molecule has 0 atom stereocenters. The summed E-state index contributed by atoms with van der Waals surface area (Å²) in [6, 6.07) is 0. The SMILES string of the molecule is CCn1cnc(S(=O)(=O)NCCCC(N)=NO)c1. The standard InChI is InChI=1S/C9H17N5O3S/c1-2-14-6-9(11-7-14)18(16,17)12-5-3-4-8(10)13-15/h6-7,12,15H,2-5H2,1H3,(H2,10,13). The summed E-state index contributed by atoms with van der Waals surface area (Å²) < 4.78 is 27.6. The summed E-state index contributed by atoms with van der Waals surface area (Å²) >= 11 is 0. The van der Waals surface area contributed by atoms with Gasteiger partial charge in [0.2, 0.25) is 0 Å². The molecule has 0 saturated carbocycles. The summed E-state index contributed by atoms with van der Waals surface area (Å²) in [5.41, 5.74) is 5.26. The Morgan fingerprint density at radius 3 is 2.94 bits per heavy atom. The van der Waals surface area contributed by atoms with Gasteiger partial charge in [0.15, 0.2) is 5.03 Å². The smallest absolute Gasteiger partial charge is 0.259 e. The van der Waals surface area contributed by atoms with Crippen LogP contribution >= 0.6 is 0 Å². The van der Waals surface area contributed by atoms with E-state index >= 15 is 0 Å². The normalized spacial score (nSPS) is 12.8. The molecule has 0 amide bonds. The van der Waals surface area contributed by atoms with Crippen molar-refractivity contribution in [2.75, 3.05) is 6.54 Å². The minimum atomic E-state index is -3.58. The van der Waals surface area contributed by atoms with Gasteiger partial charge < -0.3 is 15.5 Å². The number of nitrogens with two attached hydrogens (primary N) is 1. The highest BCUT2D eigenvalue weighted by atomic mass is 32.2. The first-order chi connectivity index (χ1) is 8.49. The topological polar surface area (TPSA) is 123 Å². The van der Waals surface area contributed by atoms with E-state index in [-0.39, 0.29) is 17.4 Å².